The van der Waals surface area contributed by atoms with E-state index in [2.05, 4.69) is 0 Å². The van der Waals surface area contributed by atoms with Crippen LogP contribution in [0, 0.1) is 5.82 Å². The van der Waals surface area contributed by atoms with Crippen molar-refractivity contribution in [2.45, 2.75) is 11.1 Å². The van der Waals surface area contributed by atoms with Crippen LogP contribution in [-0.2, 0) is 20.9 Å². The summed E-state index contributed by atoms with van der Waals surface area (Å²) in [6.07, 6.45) is -4.74. The minimum Gasteiger partial charge on any atom is -0.383 e. The van der Waals surface area contributed by atoms with Crippen molar-refractivity contribution in [3.8, 4) is 11.1 Å². The van der Waals surface area contributed by atoms with E-state index >= 15 is 0 Å². The number of methoxy groups -OCH3 is 1. The van der Waals surface area contributed by atoms with Crippen LogP contribution in [0.2, 0.25) is 0 Å². The van der Waals surface area contributed by atoms with E-state index in [1.807, 2.05) is 0 Å². The molecule has 3 aromatic rings. The molecule has 1 heterocycles. The number of amides is 1. The van der Waals surface area contributed by atoms with E-state index < -0.39 is 45.1 Å². The van der Waals surface area contributed by atoms with Gasteiger partial charge in [0, 0.05) is 13.7 Å². The minimum atomic E-state index is -4.74. The van der Waals surface area contributed by atoms with Gasteiger partial charge in [0.05, 0.1) is 28.3 Å². The van der Waals surface area contributed by atoms with Crippen LogP contribution in [0.1, 0.15) is 15.9 Å². The Morgan fingerprint density at radius 1 is 0.971 bits per heavy atom. The van der Waals surface area contributed by atoms with Crippen LogP contribution in [0.3, 0.4) is 0 Å². The Kier molecular flexibility index (Phi) is 6.56. The average molecular weight is 508 g/mol. The average Bonchev–Trinajstić information content (AvgIpc) is 2.83. The molecule has 0 aromatic heterocycles. The van der Waals surface area contributed by atoms with E-state index in [0.29, 0.717) is 17.2 Å². The molecule has 0 bridgehead atoms. The maximum absolute atomic E-state index is 13.8. The molecule has 0 fully saturated rings. The molecule has 0 atom stereocenters. The summed E-state index contributed by atoms with van der Waals surface area (Å²) in [7, 11) is -3.10. The van der Waals surface area contributed by atoms with Crippen LogP contribution in [0.25, 0.3) is 11.1 Å². The van der Waals surface area contributed by atoms with Gasteiger partial charge in [0.2, 0.25) is 0 Å². The second kappa shape index (κ2) is 9.31. The molecule has 1 amide bonds. The Bertz CT molecular complexity index is 1380. The van der Waals surface area contributed by atoms with Gasteiger partial charge in [0.25, 0.3) is 15.9 Å². The zero-order valence-corrected chi connectivity index (χ0v) is 19.2. The molecule has 0 unspecified atom stereocenters. The van der Waals surface area contributed by atoms with Gasteiger partial charge in [-0.1, -0.05) is 24.3 Å². The Morgan fingerprint density at radius 2 is 1.69 bits per heavy atom. The normalized spacial score (nSPS) is 14.3. The Morgan fingerprint density at radius 3 is 2.37 bits per heavy atom. The molecule has 0 aliphatic carbocycles. The van der Waals surface area contributed by atoms with E-state index in [-0.39, 0.29) is 24.4 Å². The lowest BCUT2D eigenvalue weighted by molar-refractivity contribution is -0.137. The molecule has 0 N–H and O–H groups in total. The van der Waals surface area contributed by atoms with Crippen molar-refractivity contribution in [3.05, 3.63) is 83.7 Å². The van der Waals surface area contributed by atoms with E-state index in [1.54, 1.807) is 12.1 Å². The summed E-state index contributed by atoms with van der Waals surface area (Å²) in [5.41, 5.74) is -0.202. The standard InChI is InChI=1S/C24H20F4N2O4S/c1-34-11-10-29-15-30(35(32,33)20-7-3-5-18(14-20)24(26,27)28)22-13-17(8-9-21(22)23(29)31)16-4-2-6-19(25)12-16/h2-9,12-14H,10-11,15H2,1H3. The molecule has 1 aliphatic heterocycles. The van der Waals surface area contributed by atoms with Crippen molar-refractivity contribution in [1.82, 2.24) is 4.90 Å². The van der Waals surface area contributed by atoms with Gasteiger partial charge in [0.15, 0.2) is 0 Å². The SMILES string of the molecule is COCCN1CN(S(=O)(=O)c2cccc(C(F)(F)F)c2)c2cc(-c3cccc(F)c3)ccc2C1=O. The zero-order chi connectivity index (χ0) is 25.4. The Balaban J connectivity index is 1.86. The third kappa shape index (κ3) is 4.87. The van der Waals surface area contributed by atoms with Crippen LogP contribution in [0.5, 0.6) is 0 Å². The fraction of sp³-hybridized carbons (Fsp3) is 0.208. The number of anilines is 1. The minimum absolute atomic E-state index is 0.0113. The number of hydrogen-bond donors (Lipinski definition) is 0. The zero-order valence-electron chi connectivity index (χ0n) is 18.4. The molecular weight excluding hydrogens is 488 g/mol. The number of rotatable bonds is 6. The molecule has 1 aliphatic rings. The monoisotopic (exact) mass is 508 g/mol. The maximum Gasteiger partial charge on any atom is 0.416 e. The lowest BCUT2D eigenvalue weighted by Gasteiger charge is -2.37. The number of ether oxygens (including phenoxy) is 1. The molecule has 0 radical (unpaired) electrons. The molecule has 11 heteroatoms. The summed E-state index contributed by atoms with van der Waals surface area (Å²) < 4.78 is 86.6. The van der Waals surface area contributed by atoms with Gasteiger partial charge in [-0.3, -0.25) is 4.79 Å². The topological polar surface area (TPSA) is 66.9 Å². The molecule has 4 rings (SSSR count). The van der Waals surface area contributed by atoms with Crippen LogP contribution < -0.4 is 4.31 Å². The molecule has 35 heavy (non-hydrogen) atoms. The van der Waals surface area contributed by atoms with E-state index in [9.17, 15) is 30.8 Å². The highest BCUT2D eigenvalue weighted by molar-refractivity contribution is 7.92. The van der Waals surface area contributed by atoms with Gasteiger partial charge >= 0.3 is 6.18 Å². The fourth-order valence-corrected chi connectivity index (χ4v) is 5.25. The predicted octanol–water partition coefficient (Wildman–Crippen LogP) is 4.77. The number of hydrogen-bond acceptors (Lipinski definition) is 4. The number of fused-ring (bicyclic) bond motifs is 1. The van der Waals surface area contributed by atoms with Crippen molar-refractivity contribution in [2.24, 2.45) is 0 Å². The number of benzene rings is 3. The van der Waals surface area contributed by atoms with Crippen molar-refractivity contribution >= 4 is 21.6 Å². The second-order valence-corrected chi connectivity index (χ2v) is 9.69. The van der Waals surface area contributed by atoms with Gasteiger partial charge < -0.3 is 9.64 Å². The van der Waals surface area contributed by atoms with Gasteiger partial charge in [-0.05, 0) is 53.6 Å². The van der Waals surface area contributed by atoms with Gasteiger partial charge in [0.1, 0.15) is 12.5 Å². The van der Waals surface area contributed by atoms with Gasteiger partial charge in [-0.2, -0.15) is 13.2 Å². The highest BCUT2D eigenvalue weighted by atomic mass is 32.2. The summed E-state index contributed by atoms with van der Waals surface area (Å²) in [4.78, 5) is 13.7. The van der Waals surface area contributed by atoms with Crippen molar-refractivity contribution in [1.29, 1.82) is 0 Å². The van der Waals surface area contributed by atoms with Crippen molar-refractivity contribution in [3.63, 3.8) is 0 Å². The lowest BCUT2D eigenvalue weighted by Crippen LogP contribution is -2.50. The van der Waals surface area contributed by atoms with Gasteiger partial charge in [-0.15, -0.1) is 0 Å². The molecule has 6 nitrogen and oxygen atoms in total. The largest absolute Gasteiger partial charge is 0.416 e. The van der Waals surface area contributed by atoms with Crippen molar-refractivity contribution < 1.29 is 35.5 Å². The lowest BCUT2D eigenvalue weighted by atomic mass is 10.0. The fourth-order valence-electron chi connectivity index (χ4n) is 3.77. The quantitative estimate of drug-likeness (QED) is 0.450. The molecule has 3 aromatic carbocycles. The van der Waals surface area contributed by atoms with Crippen molar-refractivity contribution in [2.75, 3.05) is 31.2 Å². The number of nitrogens with zero attached hydrogens (tertiary/aromatic N) is 2. The summed E-state index contributed by atoms with van der Waals surface area (Å²) >= 11 is 0. The van der Waals surface area contributed by atoms with Crippen LogP contribution in [-0.4, -0.2) is 46.2 Å². The Hall–Kier alpha value is -3.44. The predicted molar refractivity (Wildman–Crippen MR) is 121 cm³/mol. The van der Waals surface area contributed by atoms with E-state index in [1.165, 1.54) is 42.3 Å². The highest BCUT2D eigenvalue weighted by Gasteiger charge is 2.38. The van der Waals surface area contributed by atoms with Crippen LogP contribution in [0.4, 0.5) is 23.2 Å². The third-order valence-corrected chi connectivity index (χ3v) is 7.30. The van der Waals surface area contributed by atoms with E-state index in [0.717, 1.165) is 22.5 Å². The van der Waals surface area contributed by atoms with Crippen LogP contribution in [0.15, 0.2) is 71.6 Å². The first-order valence-corrected chi connectivity index (χ1v) is 11.8. The number of carbonyl (C=O) groups is 1. The highest BCUT2D eigenvalue weighted by Crippen LogP contribution is 2.37. The smallest absolute Gasteiger partial charge is 0.383 e. The summed E-state index contributed by atoms with van der Waals surface area (Å²) in [5, 5.41) is 0. The number of carbonyl (C=O) groups excluding carboxylic acids is 1. The number of alkyl halides is 3. The third-order valence-electron chi connectivity index (χ3n) is 5.56. The molecule has 0 saturated carbocycles. The molecule has 0 saturated heterocycles. The van der Waals surface area contributed by atoms with Crippen LogP contribution >= 0.6 is 0 Å². The summed E-state index contributed by atoms with van der Waals surface area (Å²) in [6.45, 7) is -0.241. The summed E-state index contributed by atoms with van der Waals surface area (Å²) in [6, 6.07) is 13.4. The second-order valence-electron chi connectivity index (χ2n) is 7.82. The first-order valence-electron chi connectivity index (χ1n) is 10.4. The molecular formula is C24H20F4N2O4S. The first-order chi connectivity index (χ1) is 16.5. The first kappa shape index (κ1) is 24.7. The number of sulfonamides is 1. The molecule has 0 spiro atoms. The summed E-state index contributed by atoms with van der Waals surface area (Å²) in [5.74, 6) is -0.964. The molecule has 184 valence electrons. The Labute approximate surface area is 199 Å². The number of halogens is 4. The van der Waals surface area contributed by atoms with E-state index in [4.69, 9.17) is 4.74 Å². The maximum atomic E-state index is 13.8. The van der Waals surface area contributed by atoms with Gasteiger partial charge in [-0.25, -0.2) is 17.1 Å².